The summed E-state index contributed by atoms with van der Waals surface area (Å²) >= 11 is 0. The number of nitrogens with zero attached hydrogens (tertiary/aromatic N) is 3. The van der Waals surface area contributed by atoms with Crippen molar-refractivity contribution in [2.75, 3.05) is 105 Å². The van der Waals surface area contributed by atoms with Crippen LogP contribution in [0.3, 0.4) is 0 Å². The van der Waals surface area contributed by atoms with Crippen LogP contribution in [-0.4, -0.2) is 205 Å². The molecule has 1 atom stereocenters. The van der Waals surface area contributed by atoms with E-state index in [9.17, 15) is 68.7 Å². The van der Waals surface area contributed by atoms with E-state index >= 15 is 0 Å². The van der Waals surface area contributed by atoms with Gasteiger partial charge in [-0.3, -0.25) is 57.9 Å². The third-order valence-corrected chi connectivity index (χ3v) is 17.3. The number of hydrogen-bond acceptors (Lipinski definition) is 18. The molecular weight excluding hydrogens is 1240 g/mol. The first-order chi connectivity index (χ1) is 46.4. The first-order valence-corrected chi connectivity index (χ1v) is 37.4. The number of aliphatic carboxylic acids is 5. The first-order valence-electron chi connectivity index (χ1n) is 37.4. The Morgan fingerprint density at radius 3 is 0.833 bits per heavy atom. The van der Waals surface area contributed by atoms with E-state index < -0.39 is 97.8 Å². The lowest BCUT2D eigenvalue weighted by molar-refractivity contribution is -0.168. The summed E-state index contributed by atoms with van der Waals surface area (Å²) in [6, 6.07) is -1.64. The molecule has 0 aromatic rings. The molecule has 0 heterocycles. The molecule has 1 unspecified atom stereocenters. The largest absolute Gasteiger partial charge is 0.480 e. The number of unbranched alkanes of at least 4 members (excludes halogenated alkanes) is 36. The molecule has 0 aromatic heterocycles. The van der Waals surface area contributed by atoms with Crippen LogP contribution in [0.1, 0.15) is 297 Å². The molecule has 96 heavy (non-hydrogen) atoms. The van der Waals surface area contributed by atoms with Crippen LogP contribution in [-0.2, 0) is 71.6 Å². The van der Waals surface area contributed by atoms with Gasteiger partial charge in [0.1, 0.15) is 32.5 Å². The second-order valence-corrected chi connectivity index (χ2v) is 26.4. The van der Waals surface area contributed by atoms with Gasteiger partial charge < -0.3 is 54.0 Å². The molecule has 0 aliphatic heterocycles. The monoisotopic (exact) mass is 1370 g/mol. The summed E-state index contributed by atoms with van der Waals surface area (Å²) < 4.78 is 34.9. The van der Waals surface area contributed by atoms with Crippen LogP contribution in [0.25, 0.3) is 0 Å². The van der Waals surface area contributed by atoms with Crippen LogP contribution in [0.4, 0.5) is 0 Å². The van der Waals surface area contributed by atoms with Crippen molar-refractivity contribution < 1.29 is 97.1 Å². The predicted molar refractivity (Wildman–Crippen MR) is 370 cm³/mol. The van der Waals surface area contributed by atoms with Gasteiger partial charge in [0.25, 0.3) is 0 Å². The molecule has 560 valence electrons. The van der Waals surface area contributed by atoms with Crippen molar-refractivity contribution in [1.82, 2.24) is 14.7 Å². The third kappa shape index (κ3) is 59.1. The van der Waals surface area contributed by atoms with E-state index in [1.54, 1.807) is 0 Å². The van der Waals surface area contributed by atoms with Crippen LogP contribution < -0.4 is 0 Å². The van der Waals surface area contributed by atoms with Crippen LogP contribution in [0.2, 0.25) is 0 Å². The number of hydrogen-bond donors (Lipinski definition) is 5. The summed E-state index contributed by atoms with van der Waals surface area (Å²) in [7, 11) is 0. The Bertz CT molecular complexity index is 1810. The topological polar surface area (TPSA) is 320 Å². The van der Waals surface area contributed by atoms with Crippen molar-refractivity contribution in [2.45, 2.75) is 303 Å². The zero-order valence-electron chi connectivity index (χ0n) is 60.0. The summed E-state index contributed by atoms with van der Waals surface area (Å²) in [4.78, 5) is 115. The van der Waals surface area contributed by atoms with Gasteiger partial charge in [0.05, 0.1) is 64.4 Å². The Hall–Kier alpha value is -4.97. The van der Waals surface area contributed by atoms with Crippen molar-refractivity contribution in [3.63, 3.8) is 0 Å². The van der Waals surface area contributed by atoms with Crippen LogP contribution in [0.15, 0.2) is 0 Å². The van der Waals surface area contributed by atoms with E-state index in [0.717, 1.165) is 67.6 Å². The maximum Gasteiger partial charge on any atom is 0.321 e. The minimum absolute atomic E-state index is 0.0396. The number of rotatable bonds is 74. The summed E-state index contributed by atoms with van der Waals surface area (Å²) in [5, 5.41) is 47.7. The van der Waals surface area contributed by atoms with Crippen molar-refractivity contribution in [3.05, 3.63) is 0 Å². The van der Waals surface area contributed by atoms with Gasteiger partial charge >= 0.3 is 53.7 Å². The van der Waals surface area contributed by atoms with Gasteiger partial charge in [0.2, 0.25) is 0 Å². The highest BCUT2D eigenvalue weighted by Gasteiger charge is 2.37. The van der Waals surface area contributed by atoms with E-state index in [2.05, 4.69) is 20.8 Å². The number of carbonyl (C=O) groups is 9. The van der Waals surface area contributed by atoms with Crippen molar-refractivity contribution >= 4 is 53.7 Å². The summed E-state index contributed by atoms with van der Waals surface area (Å²) in [6.07, 6.45) is 45.1. The van der Waals surface area contributed by atoms with Crippen LogP contribution >= 0.6 is 0 Å². The van der Waals surface area contributed by atoms with Gasteiger partial charge in [0, 0.05) is 45.4 Å². The van der Waals surface area contributed by atoms with E-state index in [1.807, 2.05) is 0 Å². The zero-order chi connectivity index (χ0) is 71.0. The molecular formula is C73H133N3O20. The standard InChI is InChI=1S/C73H133N3O20/c1-4-7-10-13-16-19-22-25-28-31-34-37-40-43-68(85)94-60-73(61-95-69(86)44-41-38-35-32-29-26-23-20-17-14-11-8-5-2,62-96-70(87)45-42-39-36-33-30-27-24-21-18-15-12-9-6-3)59-92-51-50-91-52-53-93-71(88)54-63(72(89)90)76(48-46-74(55-64(77)78)56-65(79)80)49-47-75(57-66(81)82)58-67(83)84/h63H,4-62H2,1-3H3,(H,77,78)(H,79,80)(H,81,82)(H,83,84)(H,89,90). The highest BCUT2D eigenvalue weighted by molar-refractivity contribution is 5.81. The van der Waals surface area contributed by atoms with E-state index in [-0.39, 0.29) is 98.3 Å². The highest BCUT2D eigenvalue weighted by Crippen LogP contribution is 2.24. The molecule has 0 fully saturated rings. The minimum atomic E-state index is -1.64. The molecule has 0 saturated heterocycles. The molecule has 0 aliphatic rings. The van der Waals surface area contributed by atoms with Crippen molar-refractivity contribution in [1.29, 1.82) is 0 Å². The molecule has 23 heteroatoms. The molecule has 5 N–H and O–H groups in total. The fraction of sp³-hybridized carbons (Fsp3) is 0.877. The Morgan fingerprint density at radius 1 is 0.302 bits per heavy atom. The number of carboxylic acids is 5. The molecule has 0 saturated carbocycles. The number of carbonyl (C=O) groups excluding carboxylic acids is 4. The first kappa shape index (κ1) is 91.0. The Kier molecular flexibility index (Phi) is 61.3. The SMILES string of the molecule is CCCCCCCCCCCCCCCC(=O)OCC(COCCOCCOC(=O)CC(C(=O)O)N(CCN(CC(=O)O)CC(=O)O)CCN(CC(=O)O)CC(=O)O)(COC(=O)CCCCCCCCCCCCCCC)COC(=O)CCCCCCCCCCCCCCC. The number of carboxylic acid groups (broad SMARTS) is 5. The predicted octanol–water partition coefficient (Wildman–Crippen LogP) is 13.7. The lowest BCUT2D eigenvalue weighted by Crippen LogP contribution is -2.50. The van der Waals surface area contributed by atoms with E-state index in [1.165, 1.54) is 178 Å². The normalized spacial score (nSPS) is 11.9. The maximum atomic E-state index is 13.4. The number of esters is 4. The third-order valence-electron chi connectivity index (χ3n) is 17.3. The minimum Gasteiger partial charge on any atom is -0.480 e. The fourth-order valence-corrected chi connectivity index (χ4v) is 11.5. The molecule has 0 amide bonds. The zero-order valence-corrected chi connectivity index (χ0v) is 60.0. The molecule has 0 aliphatic carbocycles. The lowest BCUT2D eigenvalue weighted by atomic mass is 9.92. The maximum absolute atomic E-state index is 13.4. The molecule has 0 bridgehead atoms. The van der Waals surface area contributed by atoms with Crippen molar-refractivity contribution in [3.8, 4) is 0 Å². The van der Waals surface area contributed by atoms with E-state index in [4.69, 9.17) is 28.4 Å². The lowest BCUT2D eigenvalue weighted by Gasteiger charge is -2.32. The van der Waals surface area contributed by atoms with Gasteiger partial charge in [-0.05, 0) is 19.3 Å². The summed E-state index contributed by atoms with van der Waals surface area (Å²) in [5.74, 6) is -9.17. The Balaban J connectivity index is 6.06. The molecule has 0 radical (unpaired) electrons. The average Bonchev–Trinajstić information content (AvgIpc) is 0.922. The molecule has 0 spiro atoms. The average molecular weight is 1370 g/mol. The summed E-state index contributed by atoms with van der Waals surface area (Å²) in [6.45, 7) is 1.14. The second kappa shape index (κ2) is 64.7. The number of ether oxygens (including phenoxy) is 6. The molecule has 0 aromatic carbocycles. The van der Waals surface area contributed by atoms with Gasteiger partial charge in [0.15, 0.2) is 0 Å². The second-order valence-electron chi connectivity index (χ2n) is 26.4. The van der Waals surface area contributed by atoms with Gasteiger partial charge in [-0.15, -0.1) is 0 Å². The van der Waals surface area contributed by atoms with E-state index in [0.29, 0.717) is 19.3 Å². The summed E-state index contributed by atoms with van der Waals surface area (Å²) in [5.41, 5.74) is -1.28. The van der Waals surface area contributed by atoms with Crippen molar-refractivity contribution in [2.24, 2.45) is 5.41 Å². The van der Waals surface area contributed by atoms with Gasteiger partial charge in [-0.25, -0.2) is 0 Å². The molecule has 0 rings (SSSR count). The van der Waals surface area contributed by atoms with Crippen LogP contribution in [0.5, 0.6) is 0 Å². The smallest absolute Gasteiger partial charge is 0.321 e. The Labute approximate surface area is 576 Å². The van der Waals surface area contributed by atoms with Gasteiger partial charge in [-0.2, -0.15) is 0 Å². The Morgan fingerprint density at radius 2 is 0.562 bits per heavy atom. The van der Waals surface area contributed by atoms with Crippen LogP contribution in [0, 0.1) is 5.41 Å². The quantitative estimate of drug-likeness (QED) is 0.0215. The fourth-order valence-electron chi connectivity index (χ4n) is 11.5. The van der Waals surface area contributed by atoms with Gasteiger partial charge in [-0.1, -0.05) is 252 Å². The highest BCUT2D eigenvalue weighted by atomic mass is 16.6. The molecule has 23 nitrogen and oxygen atoms in total.